The Kier molecular flexibility index (Phi) is 3.16. The normalized spacial score (nSPS) is 16.9. The van der Waals surface area contributed by atoms with Crippen molar-refractivity contribution < 1.29 is 9.53 Å². The molecule has 1 N–H and O–H groups in total. The number of nitrogens with one attached hydrogen (secondary N) is 1. The van der Waals surface area contributed by atoms with Gasteiger partial charge in [0.2, 0.25) is 5.91 Å². The van der Waals surface area contributed by atoms with Gasteiger partial charge < -0.3 is 14.6 Å². The molecule has 17 heavy (non-hydrogen) atoms. The van der Waals surface area contributed by atoms with E-state index < -0.39 is 5.41 Å². The Bertz CT molecular complexity index is 429. The summed E-state index contributed by atoms with van der Waals surface area (Å²) in [4.78, 5) is 16.7. The molecule has 0 aliphatic carbocycles. The molecular weight excluding hydrogens is 218 g/mol. The highest BCUT2D eigenvalue weighted by Crippen LogP contribution is 2.28. The Morgan fingerprint density at radius 1 is 1.71 bits per heavy atom. The molecular formula is C12H15N3O2. The van der Waals surface area contributed by atoms with Crippen LogP contribution in [0.1, 0.15) is 5.69 Å². The molecule has 1 aromatic rings. The zero-order valence-corrected chi connectivity index (χ0v) is 9.77. The number of carbonyl (C=O) groups is 1. The molecule has 1 saturated heterocycles. The largest absolute Gasteiger partial charge is 0.377 e. The van der Waals surface area contributed by atoms with Gasteiger partial charge >= 0.3 is 0 Å². The summed E-state index contributed by atoms with van der Waals surface area (Å²) < 4.78 is 4.97. The van der Waals surface area contributed by atoms with Gasteiger partial charge in [-0.25, -0.2) is 0 Å². The number of likely N-dealkylation sites (N-methyl/N-ethyl adjacent to an activating group) is 1. The Hall–Kier alpha value is -1.80. The summed E-state index contributed by atoms with van der Waals surface area (Å²) in [5.74, 6) is -0.141. The fourth-order valence-electron chi connectivity index (χ4n) is 1.82. The van der Waals surface area contributed by atoms with Crippen molar-refractivity contribution in [3.63, 3.8) is 0 Å². The van der Waals surface area contributed by atoms with Crippen LogP contribution in [0.25, 0.3) is 0 Å². The fourth-order valence-corrected chi connectivity index (χ4v) is 1.82. The Morgan fingerprint density at radius 3 is 2.94 bits per heavy atom. The van der Waals surface area contributed by atoms with E-state index in [0.717, 1.165) is 12.1 Å². The second kappa shape index (κ2) is 4.60. The van der Waals surface area contributed by atoms with Gasteiger partial charge in [-0.05, 0) is 12.1 Å². The molecule has 1 aliphatic heterocycles. The van der Waals surface area contributed by atoms with Gasteiger partial charge in [-0.3, -0.25) is 4.79 Å². The second-order valence-corrected chi connectivity index (χ2v) is 4.36. The van der Waals surface area contributed by atoms with E-state index in [1.807, 2.05) is 18.3 Å². The molecule has 90 valence electrons. The Balaban J connectivity index is 1.90. The number of rotatable bonds is 4. The van der Waals surface area contributed by atoms with E-state index >= 15 is 0 Å². The average molecular weight is 233 g/mol. The Labute approximate surface area is 100.0 Å². The number of carbonyl (C=O) groups excluding carboxylic acids is 1. The second-order valence-electron chi connectivity index (χ2n) is 4.36. The zero-order valence-electron chi connectivity index (χ0n) is 9.77. The van der Waals surface area contributed by atoms with E-state index in [1.54, 1.807) is 11.9 Å². The van der Waals surface area contributed by atoms with Crippen LogP contribution in [0.5, 0.6) is 0 Å². The van der Waals surface area contributed by atoms with Crippen molar-refractivity contribution in [3.05, 3.63) is 24.0 Å². The van der Waals surface area contributed by atoms with Crippen LogP contribution in [-0.4, -0.2) is 42.6 Å². The third-order valence-electron chi connectivity index (χ3n) is 3.05. The summed E-state index contributed by atoms with van der Waals surface area (Å²) in [5.41, 5.74) is 0.144. The standard InChI is InChI=1S/C12H15N3O2/c1-15(6-4-10-3-2-5-14-10)11(16)12(7-13)8-17-9-12/h2-3,5,14H,4,6,8-9H2,1H3. The number of nitriles is 1. The van der Waals surface area contributed by atoms with Gasteiger partial charge in [0.15, 0.2) is 5.41 Å². The predicted octanol–water partition coefficient (Wildman–Crippen LogP) is 0.556. The van der Waals surface area contributed by atoms with E-state index in [4.69, 9.17) is 10.00 Å². The lowest BCUT2D eigenvalue weighted by Crippen LogP contribution is -2.53. The number of aromatic nitrogens is 1. The smallest absolute Gasteiger partial charge is 0.247 e. The van der Waals surface area contributed by atoms with Gasteiger partial charge in [0.05, 0.1) is 19.3 Å². The minimum absolute atomic E-state index is 0.141. The molecule has 0 atom stereocenters. The van der Waals surface area contributed by atoms with Gasteiger partial charge in [0, 0.05) is 31.9 Å². The first-order chi connectivity index (χ1) is 8.18. The van der Waals surface area contributed by atoms with E-state index in [0.29, 0.717) is 6.54 Å². The van der Waals surface area contributed by atoms with Gasteiger partial charge in [-0.1, -0.05) is 0 Å². The van der Waals surface area contributed by atoms with Gasteiger partial charge in [-0.2, -0.15) is 5.26 Å². The minimum atomic E-state index is -0.940. The Morgan fingerprint density at radius 2 is 2.47 bits per heavy atom. The molecule has 5 heteroatoms. The lowest BCUT2D eigenvalue weighted by atomic mass is 9.86. The number of ether oxygens (including phenoxy) is 1. The number of nitrogens with zero attached hydrogens (tertiary/aromatic N) is 2. The quantitative estimate of drug-likeness (QED) is 0.826. The van der Waals surface area contributed by atoms with Crippen LogP contribution in [0.15, 0.2) is 18.3 Å². The first-order valence-corrected chi connectivity index (χ1v) is 5.55. The van der Waals surface area contributed by atoms with Crippen LogP contribution in [0, 0.1) is 16.7 Å². The maximum atomic E-state index is 12.1. The van der Waals surface area contributed by atoms with Gasteiger partial charge in [0.25, 0.3) is 0 Å². The maximum Gasteiger partial charge on any atom is 0.247 e. The SMILES string of the molecule is CN(CCc1ccc[nH]1)C(=O)C1(C#N)COC1. The van der Waals surface area contributed by atoms with Crippen LogP contribution < -0.4 is 0 Å². The van der Waals surface area contributed by atoms with E-state index in [9.17, 15) is 4.79 Å². The number of aromatic amines is 1. The first-order valence-electron chi connectivity index (χ1n) is 5.55. The molecule has 0 aromatic carbocycles. The summed E-state index contributed by atoms with van der Waals surface area (Å²) >= 11 is 0. The van der Waals surface area contributed by atoms with Crippen molar-refractivity contribution in [1.29, 1.82) is 5.26 Å². The zero-order chi connectivity index (χ0) is 12.3. The highest BCUT2D eigenvalue weighted by Gasteiger charge is 2.47. The topological polar surface area (TPSA) is 69.1 Å². The lowest BCUT2D eigenvalue weighted by molar-refractivity contribution is -0.159. The van der Waals surface area contributed by atoms with Crippen LogP contribution >= 0.6 is 0 Å². The van der Waals surface area contributed by atoms with Crippen LogP contribution in [0.3, 0.4) is 0 Å². The summed E-state index contributed by atoms with van der Waals surface area (Å²) in [6, 6.07) is 5.97. The third kappa shape index (κ3) is 2.17. The van der Waals surface area contributed by atoms with Crippen molar-refractivity contribution in [2.24, 2.45) is 5.41 Å². The van der Waals surface area contributed by atoms with E-state index in [1.165, 1.54) is 0 Å². The summed E-state index contributed by atoms with van der Waals surface area (Å²) in [6.07, 6.45) is 2.62. The molecule has 0 saturated carbocycles. The number of hydrogen-bond acceptors (Lipinski definition) is 3. The summed E-state index contributed by atoms with van der Waals surface area (Å²) in [6.45, 7) is 1.03. The molecule has 5 nitrogen and oxygen atoms in total. The number of hydrogen-bond donors (Lipinski definition) is 1. The van der Waals surface area contributed by atoms with E-state index in [-0.39, 0.29) is 19.1 Å². The molecule has 1 aliphatic rings. The molecule has 2 rings (SSSR count). The van der Waals surface area contributed by atoms with Crippen molar-refractivity contribution in [1.82, 2.24) is 9.88 Å². The molecule has 1 aromatic heterocycles. The van der Waals surface area contributed by atoms with Crippen molar-refractivity contribution in [3.8, 4) is 6.07 Å². The summed E-state index contributed by atoms with van der Waals surface area (Å²) in [7, 11) is 1.72. The number of amides is 1. The highest BCUT2D eigenvalue weighted by molar-refractivity contribution is 5.86. The molecule has 1 fully saturated rings. The minimum Gasteiger partial charge on any atom is -0.377 e. The molecule has 0 bridgehead atoms. The van der Waals surface area contributed by atoms with Crippen molar-refractivity contribution in [2.45, 2.75) is 6.42 Å². The van der Waals surface area contributed by atoms with Crippen molar-refractivity contribution >= 4 is 5.91 Å². The molecule has 1 amide bonds. The monoisotopic (exact) mass is 233 g/mol. The van der Waals surface area contributed by atoms with Crippen molar-refractivity contribution in [2.75, 3.05) is 26.8 Å². The van der Waals surface area contributed by atoms with Gasteiger partial charge in [-0.15, -0.1) is 0 Å². The molecule has 0 unspecified atom stereocenters. The average Bonchev–Trinajstić information content (AvgIpc) is 2.77. The molecule has 2 heterocycles. The lowest BCUT2D eigenvalue weighted by Gasteiger charge is -2.36. The van der Waals surface area contributed by atoms with Crippen LogP contribution in [0.4, 0.5) is 0 Å². The van der Waals surface area contributed by atoms with Crippen LogP contribution in [0.2, 0.25) is 0 Å². The predicted molar refractivity (Wildman–Crippen MR) is 61.0 cm³/mol. The third-order valence-corrected chi connectivity index (χ3v) is 3.05. The van der Waals surface area contributed by atoms with E-state index in [2.05, 4.69) is 11.1 Å². The maximum absolute atomic E-state index is 12.1. The fraction of sp³-hybridized carbons (Fsp3) is 0.500. The number of H-pyrrole nitrogens is 1. The summed E-state index contributed by atoms with van der Waals surface area (Å²) in [5, 5.41) is 9.02. The van der Waals surface area contributed by atoms with Gasteiger partial charge in [0.1, 0.15) is 0 Å². The molecule has 0 spiro atoms. The van der Waals surface area contributed by atoms with Crippen LogP contribution in [-0.2, 0) is 16.0 Å². The highest BCUT2D eigenvalue weighted by atomic mass is 16.5. The first kappa shape index (κ1) is 11.7. The molecule has 0 radical (unpaired) electrons.